The van der Waals surface area contributed by atoms with Crippen LogP contribution in [0.1, 0.15) is 33.6 Å². The van der Waals surface area contributed by atoms with Gasteiger partial charge in [0.2, 0.25) is 11.8 Å². The first kappa shape index (κ1) is 20.7. The molecule has 0 aromatic carbocycles. The molecule has 0 aliphatic heterocycles. The largest absolute Gasteiger partial charge is 0.705 e. The van der Waals surface area contributed by atoms with Crippen LogP contribution in [0.5, 0.6) is 0 Å². The number of nitrogens with two attached hydrogens (primary N) is 1. The average molecular weight is 348 g/mol. The first-order chi connectivity index (χ1) is 10.6. The number of hydrogen-bond acceptors (Lipinski definition) is 9. The Morgan fingerprint density at radius 1 is 0.870 bits per heavy atom. The van der Waals surface area contributed by atoms with E-state index in [1.54, 1.807) is 0 Å². The van der Waals surface area contributed by atoms with Crippen LogP contribution in [-0.2, 0) is 37.3 Å². The van der Waals surface area contributed by atoms with Crippen LogP contribution in [0, 0.1) is 0 Å². The van der Waals surface area contributed by atoms with E-state index >= 15 is 0 Å². The van der Waals surface area contributed by atoms with Gasteiger partial charge in [0, 0.05) is 27.2 Å². The molecule has 10 nitrogen and oxygen atoms in total. The van der Waals surface area contributed by atoms with E-state index in [0.717, 1.165) is 20.8 Å². The third-order valence-corrected chi connectivity index (χ3v) is 5.01. The third kappa shape index (κ3) is 9.37. The van der Waals surface area contributed by atoms with Gasteiger partial charge in [0.05, 0.1) is 12.6 Å². The molecular weight excluding hydrogens is 328 g/mol. The summed E-state index contributed by atoms with van der Waals surface area (Å²) in [6.07, 6.45) is -0.0754. The van der Waals surface area contributed by atoms with Gasteiger partial charge in [-0.1, -0.05) is 0 Å². The normalized spacial score (nSPS) is 10.4. The van der Waals surface area contributed by atoms with Gasteiger partial charge in [0.15, 0.2) is 0 Å². The van der Waals surface area contributed by atoms with Crippen LogP contribution in [0.4, 0.5) is 0 Å². The lowest BCUT2D eigenvalue weighted by Crippen LogP contribution is -2.49. The summed E-state index contributed by atoms with van der Waals surface area (Å²) in [6.45, 7) is 2.88. The van der Waals surface area contributed by atoms with E-state index in [4.69, 9.17) is 19.0 Å². The second-order valence-electron chi connectivity index (χ2n) is 4.49. The van der Waals surface area contributed by atoms with E-state index in [1.807, 2.05) is 5.32 Å². The predicted octanol–water partition coefficient (Wildman–Crippen LogP) is -1.00. The van der Waals surface area contributed by atoms with E-state index in [-0.39, 0.29) is 25.4 Å². The average Bonchev–Trinajstić information content (AvgIpc) is 2.35. The van der Waals surface area contributed by atoms with Crippen LogP contribution in [0.2, 0.25) is 6.04 Å². The summed E-state index contributed by atoms with van der Waals surface area (Å²) in [5, 5.41) is 2.03. The van der Waals surface area contributed by atoms with Crippen LogP contribution >= 0.6 is 0 Å². The van der Waals surface area contributed by atoms with Gasteiger partial charge in [-0.3, -0.25) is 29.3 Å². The zero-order valence-electron chi connectivity index (χ0n) is 13.2. The molecule has 0 rings (SSSR count). The van der Waals surface area contributed by atoms with Gasteiger partial charge < -0.3 is 19.0 Å². The molecule has 0 radical (unpaired) electrons. The van der Waals surface area contributed by atoms with Crippen LogP contribution in [0.3, 0.4) is 0 Å². The lowest BCUT2D eigenvalue weighted by molar-refractivity contribution is -0.147. The number of hydrogen-bond donors (Lipinski definition) is 2. The van der Waals surface area contributed by atoms with Gasteiger partial charge in [-0.05, 0) is 6.42 Å². The van der Waals surface area contributed by atoms with E-state index in [0.29, 0.717) is 0 Å². The van der Waals surface area contributed by atoms with Crippen molar-refractivity contribution in [2.24, 2.45) is 5.73 Å². The first-order valence-corrected chi connectivity index (χ1v) is 8.65. The van der Waals surface area contributed by atoms with E-state index in [9.17, 15) is 24.0 Å². The van der Waals surface area contributed by atoms with Crippen molar-refractivity contribution < 1.29 is 37.3 Å². The first-order valence-electron chi connectivity index (χ1n) is 6.71. The van der Waals surface area contributed by atoms with Gasteiger partial charge >= 0.3 is 8.80 Å². The van der Waals surface area contributed by atoms with Crippen molar-refractivity contribution in [3.63, 3.8) is 0 Å². The Bertz CT molecular complexity index is 453. The summed E-state index contributed by atoms with van der Waals surface area (Å²) in [5.74, 6) is -3.61. The summed E-state index contributed by atoms with van der Waals surface area (Å²) < 4.78 is 14.8. The van der Waals surface area contributed by atoms with Gasteiger partial charge in [0.1, 0.15) is 0 Å². The van der Waals surface area contributed by atoms with Crippen molar-refractivity contribution in [1.29, 1.82) is 0 Å². The highest BCUT2D eigenvalue weighted by atomic mass is 28.4. The molecule has 0 heterocycles. The van der Waals surface area contributed by atoms with Crippen molar-refractivity contribution in [3.05, 3.63) is 0 Å². The maximum atomic E-state index is 11.5. The molecule has 0 fully saturated rings. The molecule has 0 unspecified atom stereocenters. The Labute approximate surface area is 134 Å². The minimum atomic E-state index is -3.94. The van der Waals surface area contributed by atoms with Crippen molar-refractivity contribution in [2.75, 3.05) is 6.54 Å². The quantitative estimate of drug-likeness (QED) is 0.526. The summed E-state index contributed by atoms with van der Waals surface area (Å²) in [4.78, 5) is 56.0. The molecule has 0 spiro atoms. The minimum Gasteiger partial charge on any atom is -0.455 e. The summed E-state index contributed by atoms with van der Waals surface area (Å²) in [6, 6.07) is -0.143. The van der Waals surface area contributed by atoms with E-state index in [2.05, 4.69) is 0 Å². The molecule has 11 heteroatoms. The van der Waals surface area contributed by atoms with Crippen molar-refractivity contribution in [3.8, 4) is 0 Å². The molecule has 0 aromatic rings. The molecular formula is C12H20N2O8Si. The highest BCUT2D eigenvalue weighted by Gasteiger charge is 2.51. The van der Waals surface area contributed by atoms with Gasteiger partial charge in [0.25, 0.3) is 17.9 Å². The fraction of sp³-hybridized carbons (Fsp3) is 0.583. The van der Waals surface area contributed by atoms with Crippen molar-refractivity contribution >= 4 is 38.5 Å². The number of carbonyl (C=O) groups excluding carboxylic acids is 5. The van der Waals surface area contributed by atoms with Crippen molar-refractivity contribution in [1.82, 2.24) is 5.32 Å². The Balaban J connectivity index is 4.87. The topological polar surface area (TPSA) is 151 Å². The Morgan fingerprint density at radius 2 is 1.30 bits per heavy atom. The zero-order chi connectivity index (χ0) is 18.0. The van der Waals surface area contributed by atoms with E-state index < -0.39 is 38.5 Å². The molecule has 0 aromatic heterocycles. The monoisotopic (exact) mass is 348 g/mol. The number of amides is 2. The number of carbonyl (C=O) groups is 5. The Hall–Kier alpha value is -2.27. The SMILES string of the molecule is CC(=O)O[Si](CCCC(=O)NC(=O)CN)(OC(C)=O)OC(C)=O. The van der Waals surface area contributed by atoms with Gasteiger partial charge in [-0.25, -0.2) is 0 Å². The summed E-state index contributed by atoms with van der Waals surface area (Å²) in [5.41, 5.74) is 5.05. The molecule has 23 heavy (non-hydrogen) atoms. The van der Waals surface area contributed by atoms with Crippen molar-refractivity contribution in [2.45, 2.75) is 39.7 Å². The molecule has 0 saturated carbocycles. The highest BCUT2D eigenvalue weighted by Crippen LogP contribution is 2.20. The molecule has 0 atom stereocenters. The van der Waals surface area contributed by atoms with E-state index in [1.165, 1.54) is 0 Å². The highest BCUT2D eigenvalue weighted by molar-refractivity contribution is 6.65. The molecule has 0 aliphatic carbocycles. The molecule has 0 bridgehead atoms. The Kier molecular flexibility index (Phi) is 8.73. The van der Waals surface area contributed by atoms with Gasteiger partial charge in [-0.15, -0.1) is 0 Å². The minimum absolute atomic E-state index is 0.0593. The number of rotatable bonds is 8. The smallest absolute Gasteiger partial charge is 0.455 e. The molecule has 3 N–H and O–H groups in total. The standard InChI is InChI=1S/C12H20N2O8Si/c1-8(15)20-23(21-9(2)16,22-10(3)17)6-4-5-11(18)14-12(19)7-13/h4-7,13H2,1-3H3,(H,14,18,19). The maximum Gasteiger partial charge on any atom is 0.705 e. The fourth-order valence-corrected chi connectivity index (χ4v) is 3.96. The molecule has 0 saturated heterocycles. The summed E-state index contributed by atoms with van der Waals surface area (Å²) in [7, 11) is -3.94. The zero-order valence-corrected chi connectivity index (χ0v) is 14.2. The lowest BCUT2D eigenvalue weighted by atomic mass is 10.3. The molecule has 2 amide bonds. The lowest BCUT2D eigenvalue weighted by Gasteiger charge is -2.26. The van der Waals surface area contributed by atoms with Crippen LogP contribution in [-0.4, -0.2) is 45.1 Å². The Morgan fingerprint density at radius 3 is 1.65 bits per heavy atom. The second-order valence-corrected chi connectivity index (χ2v) is 6.97. The number of imide groups is 1. The summed E-state index contributed by atoms with van der Waals surface area (Å²) >= 11 is 0. The molecule has 130 valence electrons. The van der Waals surface area contributed by atoms with Gasteiger partial charge in [-0.2, -0.15) is 0 Å². The van der Waals surface area contributed by atoms with Crippen LogP contribution in [0.25, 0.3) is 0 Å². The van der Waals surface area contributed by atoms with Crippen LogP contribution in [0.15, 0.2) is 0 Å². The second kappa shape index (κ2) is 9.68. The molecule has 0 aliphatic rings. The van der Waals surface area contributed by atoms with Crippen LogP contribution < -0.4 is 11.1 Å². The third-order valence-electron chi connectivity index (χ3n) is 2.25. The maximum absolute atomic E-state index is 11.5. The predicted molar refractivity (Wildman–Crippen MR) is 77.3 cm³/mol. The number of nitrogens with one attached hydrogen (secondary N) is 1. The fourth-order valence-electron chi connectivity index (χ4n) is 1.61.